The number of rotatable bonds is 0. The van der Waals surface area contributed by atoms with E-state index in [0.717, 1.165) is 23.7 Å². The summed E-state index contributed by atoms with van der Waals surface area (Å²) in [6.07, 6.45) is 0.445. The Kier molecular flexibility index (Phi) is 3.11. The first kappa shape index (κ1) is 12.1. The average molecular weight is 287 g/mol. The minimum Gasteiger partial charge on any atom is -0.365 e. The van der Waals surface area contributed by atoms with Crippen LogP contribution in [0.2, 0.25) is 5.02 Å². The highest BCUT2D eigenvalue weighted by atomic mass is 35.5. The van der Waals surface area contributed by atoms with Crippen molar-refractivity contribution in [1.82, 2.24) is 0 Å². The molecule has 3 rings (SSSR count). The summed E-state index contributed by atoms with van der Waals surface area (Å²) in [5.41, 5.74) is 1.36. The van der Waals surface area contributed by atoms with Crippen molar-refractivity contribution in [3.05, 3.63) is 23.0 Å². The molecule has 1 aromatic rings. The van der Waals surface area contributed by atoms with Gasteiger partial charge >= 0.3 is 0 Å². The molecule has 0 aromatic heterocycles. The third-order valence-electron chi connectivity index (χ3n) is 3.27. The Morgan fingerprint density at radius 1 is 1.50 bits per heavy atom. The Balaban J connectivity index is 2.09. The van der Waals surface area contributed by atoms with Gasteiger partial charge in [0.15, 0.2) is 0 Å². The monoisotopic (exact) mass is 286 g/mol. The maximum absolute atomic E-state index is 13.6. The van der Waals surface area contributed by atoms with Crippen LogP contribution in [0.5, 0.6) is 0 Å². The molecule has 0 saturated carbocycles. The van der Waals surface area contributed by atoms with Gasteiger partial charge < -0.3 is 10.2 Å². The molecule has 1 aromatic carbocycles. The average Bonchev–Trinajstić information content (AvgIpc) is 2.46. The van der Waals surface area contributed by atoms with Gasteiger partial charge in [-0.2, -0.15) is 11.8 Å². The molecule has 6 heteroatoms. The van der Waals surface area contributed by atoms with Crippen molar-refractivity contribution in [1.29, 1.82) is 0 Å². The Morgan fingerprint density at radius 2 is 2.33 bits per heavy atom. The summed E-state index contributed by atoms with van der Waals surface area (Å²) in [5, 5.41) is 2.85. The van der Waals surface area contributed by atoms with E-state index in [4.69, 9.17) is 11.6 Å². The van der Waals surface area contributed by atoms with Gasteiger partial charge in [0.2, 0.25) is 5.91 Å². The van der Waals surface area contributed by atoms with Crippen molar-refractivity contribution in [2.24, 2.45) is 0 Å². The fraction of sp³-hybridized carbons (Fsp3) is 0.417. The van der Waals surface area contributed by atoms with Gasteiger partial charge in [0, 0.05) is 36.6 Å². The smallest absolute Gasteiger partial charge is 0.226 e. The molecule has 2 heterocycles. The van der Waals surface area contributed by atoms with Crippen LogP contribution >= 0.6 is 23.4 Å². The second-order valence-electron chi connectivity index (χ2n) is 4.46. The highest BCUT2D eigenvalue weighted by molar-refractivity contribution is 7.99. The van der Waals surface area contributed by atoms with Gasteiger partial charge in [-0.05, 0) is 6.07 Å². The molecule has 3 nitrogen and oxygen atoms in total. The molecule has 1 N–H and O–H groups in total. The van der Waals surface area contributed by atoms with Crippen molar-refractivity contribution < 1.29 is 9.18 Å². The summed E-state index contributed by atoms with van der Waals surface area (Å²) in [6, 6.07) is 3.06. The first-order chi connectivity index (χ1) is 8.65. The first-order valence-corrected chi connectivity index (χ1v) is 7.31. The molecule has 0 aliphatic carbocycles. The van der Waals surface area contributed by atoms with Crippen LogP contribution in [0, 0.1) is 5.82 Å². The van der Waals surface area contributed by atoms with E-state index in [1.165, 1.54) is 12.1 Å². The molecule has 18 heavy (non-hydrogen) atoms. The number of benzene rings is 1. The second kappa shape index (κ2) is 4.63. The molecule has 1 atom stereocenters. The molecule has 0 bridgehead atoms. The normalized spacial score (nSPS) is 22.9. The molecule has 2 aliphatic heterocycles. The van der Waals surface area contributed by atoms with Gasteiger partial charge in [0.05, 0.1) is 16.4 Å². The van der Waals surface area contributed by atoms with Crippen molar-refractivity contribution >= 4 is 40.6 Å². The number of anilines is 2. The Labute approximate surface area is 114 Å². The van der Waals surface area contributed by atoms with Crippen LogP contribution in [-0.2, 0) is 4.79 Å². The molecule has 1 amide bonds. The fourth-order valence-corrected chi connectivity index (χ4v) is 3.66. The van der Waals surface area contributed by atoms with Crippen LogP contribution in [-0.4, -0.2) is 30.0 Å². The van der Waals surface area contributed by atoms with Gasteiger partial charge in [-0.3, -0.25) is 4.79 Å². The zero-order chi connectivity index (χ0) is 12.7. The van der Waals surface area contributed by atoms with E-state index < -0.39 is 5.82 Å². The summed E-state index contributed by atoms with van der Waals surface area (Å²) in [6.45, 7) is 0.832. The van der Waals surface area contributed by atoms with Gasteiger partial charge in [-0.15, -0.1) is 0 Å². The minimum absolute atomic E-state index is 0.0334. The summed E-state index contributed by atoms with van der Waals surface area (Å²) >= 11 is 7.61. The largest absolute Gasteiger partial charge is 0.365 e. The number of carbonyl (C=O) groups excluding carboxylic acids is 1. The predicted octanol–water partition coefficient (Wildman–Crippen LogP) is 2.74. The summed E-state index contributed by atoms with van der Waals surface area (Å²) in [5.74, 6) is 1.42. The lowest BCUT2D eigenvalue weighted by Gasteiger charge is -2.35. The molecule has 2 aliphatic rings. The number of nitrogens with one attached hydrogen (secondary N) is 1. The summed E-state index contributed by atoms with van der Waals surface area (Å²) in [4.78, 5) is 13.9. The standard InChI is InChI=1S/C12H12ClFN2OS/c13-8-4-10-11(5-9(8)14)16-1-2-18-6-7(16)3-12(17)15-10/h4-5,7H,1-3,6H2,(H,15,17). The van der Waals surface area contributed by atoms with E-state index in [-0.39, 0.29) is 17.0 Å². The van der Waals surface area contributed by atoms with Gasteiger partial charge in [0.25, 0.3) is 0 Å². The van der Waals surface area contributed by atoms with E-state index in [0.29, 0.717) is 12.1 Å². The molecular formula is C12H12ClFN2OS. The number of hydrogen-bond acceptors (Lipinski definition) is 3. The lowest BCUT2D eigenvalue weighted by molar-refractivity contribution is -0.116. The Hall–Kier alpha value is -0.940. The number of halogens is 2. The first-order valence-electron chi connectivity index (χ1n) is 5.78. The van der Waals surface area contributed by atoms with E-state index in [1.807, 2.05) is 11.8 Å². The lowest BCUT2D eigenvalue weighted by atomic mass is 10.1. The van der Waals surface area contributed by atoms with E-state index in [1.54, 1.807) is 0 Å². The van der Waals surface area contributed by atoms with Gasteiger partial charge in [0.1, 0.15) is 5.82 Å². The summed E-state index contributed by atoms with van der Waals surface area (Å²) in [7, 11) is 0. The number of amides is 1. The van der Waals surface area contributed by atoms with E-state index in [2.05, 4.69) is 10.2 Å². The van der Waals surface area contributed by atoms with E-state index >= 15 is 0 Å². The number of hydrogen-bond donors (Lipinski definition) is 1. The van der Waals surface area contributed by atoms with E-state index in [9.17, 15) is 9.18 Å². The minimum atomic E-state index is -0.441. The quantitative estimate of drug-likeness (QED) is 0.796. The molecule has 0 radical (unpaired) electrons. The van der Waals surface area contributed by atoms with Crippen LogP contribution in [0.3, 0.4) is 0 Å². The fourth-order valence-electron chi connectivity index (χ4n) is 2.43. The molecule has 1 unspecified atom stereocenters. The van der Waals surface area contributed by atoms with Crippen LogP contribution in [0.25, 0.3) is 0 Å². The van der Waals surface area contributed by atoms with Crippen molar-refractivity contribution in [2.45, 2.75) is 12.5 Å². The molecule has 1 saturated heterocycles. The Bertz CT molecular complexity index is 511. The van der Waals surface area contributed by atoms with Crippen LogP contribution in [0.15, 0.2) is 12.1 Å². The number of nitrogens with zero attached hydrogens (tertiary/aromatic N) is 1. The number of carbonyl (C=O) groups is 1. The van der Waals surface area contributed by atoms with Crippen molar-refractivity contribution in [3.63, 3.8) is 0 Å². The zero-order valence-electron chi connectivity index (χ0n) is 9.58. The van der Waals surface area contributed by atoms with Gasteiger partial charge in [-0.25, -0.2) is 4.39 Å². The molecule has 0 spiro atoms. The number of thioether (sulfide) groups is 1. The third kappa shape index (κ3) is 2.06. The van der Waals surface area contributed by atoms with Gasteiger partial charge in [-0.1, -0.05) is 11.6 Å². The molecule has 1 fully saturated rings. The highest BCUT2D eigenvalue weighted by Gasteiger charge is 2.31. The topological polar surface area (TPSA) is 32.3 Å². The zero-order valence-corrected chi connectivity index (χ0v) is 11.2. The molecule has 96 valence electrons. The van der Waals surface area contributed by atoms with Crippen molar-refractivity contribution in [2.75, 3.05) is 28.3 Å². The van der Waals surface area contributed by atoms with Crippen molar-refractivity contribution in [3.8, 4) is 0 Å². The SMILES string of the molecule is O=C1CC2CSCCN2c2cc(F)c(Cl)cc2N1. The second-order valence-corrected chi connectivity index (χ2v) is 6.01. The Morgan fingerprint density at radius 3 is 3.17 bits per heavy atom. The molecular weight excluding hydrogens is 275 g/mol. The summed E-state index contributed by atoms with van der Waals surface area (Å²) < 4.78 is 13.6. The predicted molar refractivity (Wildman–Crippen MR) is 73.1 cm³/mol. The van der Waals surface area contributed by atoms with Crippen LogP contribution < -0.4 is 10.2 Å². The maximum atomic E-state index is 13.6. The van der Waals surface area contributed by atoms with Crippen LogP contribution in [0.4, 0.5) is 15.8 Å². The lowest BCUT2D eigenvalue weighted by Crippen LogP contribution is -2.42. The maximum Gasteiger partial charge on any atom is 0.226 e. The number of fused-ring (bicyclic) bond motifs is 3. The third-order valence-corrected chi connectivity index (χ3v) is 4.65. The highest BCUT2D eigenvalue weighted by Crippen LogP contribution is 2.37. The van der Waals surface area contributed by atoms with Crippen LogP contribution in [0.1, 0.15) is 6.42 Å².